The van der Waals surface area contributed by atoms with Crippen LogP contribution in [0, 0.1) is 12.8 Å². The van der Waals surface area contributed by atoms with Crippen LogP contribution >= 0.6 is 0 Å². The fourth-order valence-corrected chi connectivity index (χ4v) is 2.34. The van der Waals surface area contributed by atoms with Gasteiger partial charge in [0, 0.05) is 25.0 Å². The number of nitrogens with one attached hydrogen (secondary N) is 1. The minimum absolute atomic E-state index is 0.185. The Morgan fingerprint density at radius 2 is 1.94 bits per heavy atom. The van der Waals surface area contributed by atoms with Crippen molar-refractivity contribution in [3.05, 3.63) is 34.9 Å². The van der Waals surface area contributed by atoms with Crippen molar-refractivity contribution >= 4 is 0 Å². The Labute approximate surface area is 105 Å². The van der Waals surface area contributed by atoms with Gasteiger partial charge >= 0.3 is 0 Å². The Kier molecular flexibility index (Phi) is 3.28. The molecule has 0 saturated carbocycles. The van der Waals surface area contributed by atoms with E-state index >= 15 is 0 Å². The number of aryl methyl sites for hydroxylation is 1. The maximum Gasteiger partial charge on any atom is 0.0350 e. The summed E-state index contributed by atoms with van der Waals surface area (Å²) in [6, 6.07) is 6.93. The zero-order valence-corrected chi connectivity index (χ0v) is 11.4. The van der Waals surface area contributed by atoms with Crippen LogP contribution in [-0.4, -0.2) is 13.1 Å². The molecule has 2 heteroatoms. The third-order valence-electron chi connectivity index (χ3n) is 3.82. The summed E-state index contributed by atoms with van der Waals surface area (Å²) in [6.45, 7) is 11.0. The number of nitrogens with two attached hydrogens (primary N) is 1. The number of hydrogen-bond donors (Lipinski definition) is 2. The minimum Gasteiger partial charge on any atom is -0.324 e. The molecule has 1 fully saturated rings. The van der Waals surface area contributed by atoms with Crippen molar-refractivity contribution in [3.63, 3.8) is 0 Å². The van der Waals surface area contributed by atoms with E-state index in [1.54, 1.807) is 0 Å². The molecule has 0 spiro atoms. The van der Waals surface area contributed by atoms with Gasteiger partial charge in [0.25, 0.3) is 0 Å². The molecule has 1 aliphatic rings. The molecule has 2 nitrogen and oxygen atoms in total. The van der Waals surface area contributed by atoms with Gasteiger partial charge in [-0.3, -0.25) is 0 Å². The van der Waals surface area contributed by atoms with Crippen molar-refractivity contribution in [2.75, 3.05) is 13.1 Å². The molecule has 0 aromatic heterocycles. The van der Waals surface area contributed by atoms with Crippen molar-refractivity contribution in [2.24, 2.45) is 11.7 Å². The van der Waals surface area contributed by atoms with E-state index in [1.165, 1.54) is 16.7 Å². The van der Waals surface area contributed by atoms with Crippen molar-refractivity contribution < 1.29 is 0 Å². The SMILES string of the molecule is Cc1cc(C(C)(C)C)ccc1C(N)C1CNC1. The molecule has 94 valence electrons. The van der Waals surface area contributed by atoms with Gasteiger partial charge in [0.15, 0.2) is 0 Å². The summed E-state index contributed by atoms with van der Waals surface area (Å²) in [5.41, 5.74) is 10.6. The molecule has 0 aliphatic carbocycles. The number of rotatable bonds is 2. The van der Waals surface area contributed by atoms with Crippen LogP contribution in [0.15, 0.2) is 18.2 Å². The van der Waals surface area contributed by atoms with E-state index in [-0.39, 0.29) is 11.5 Å². The van der Waals surface area contributed by atoms with Crippen molar-refractivity contribution in [1.82, 2.24) is 5.32 Å². The normalized spacial score (nSPS) is 18.9. The van der Waals surface area contributed by atoms with Crippen molar-refractivity contribution in [3.8, 4) is 0 Å². The van der Waals surface area contributed by atoms with Gasteiger partial charge in [-0.2, -0.15) is 0 Å². The predicted molar refractivity (Wildman–Crippen MR) is 73.2 cm³/mol. The molecular weight excluding hydrogens is 208 g/mol. The summed E-state index contributed by atoms with van der Waals surface area (Å²) in [5, 5.41) is 3.29. The van der Waals surface area contributed by atoms with Crippen LogP contribution in [-0.2, 0) is 5.41 Å². The summed E-state index contributed by atoms with van der Waals surface area (Å²) in [5.74, 6) is 0.606. The lowest BCUT2D eigenvalue weighted by Crippen LogP contribution is -2.47. The van der Waals surface area contributed by atoms with E-state index in [2.05, 4.69) is 51.2 Å². The maximum atomic E-state index is 6.32. The zero-order valence-electron chi connectivity index (χ0n) is 11.4. The molecule has 3 N–H and O–H groups in total. The molecule has 0 radical (unpaired) electrons. The second kappa shape index (κ2) is 4.43. The van der Waals surface area contributed by atoms with E-state index in [4.69, 9.17) is 5.73 Å². The van der Waals surface area contributed by atoms with Crippen LogP contribution in [0.4, 0.5) is 0 Å². The molecule has 0 amide bonds. The maximum absolute atomic E-state index is 6.32. The Bertz CT molecular complexity index is 400. The molecule has 17 heavy (non-hydrogen) atoms. The second-order valence-corrected chi connectivity index (χ2v) is 6.27. The van der Waals surface area contributed by atoms with E-state index < -0.39 is 0 Å². The van der Waals surface area contributed by atoms with E-state index in [0.29, 0.717) is 5.92 Å². The number of benzene rings is 1. The second-order valence-electron chi connectivity index (χ2n) is 6.27. The fourth-order valence-electron chi connectivity index (χ4n) is 2.34. The molecule has 1 atom stereocenters. The summed E-state index contributed by atoms with van der Waals surface area (Å²) >= 11 is 0. The molecular formula is C15H24N2. The highest BCUT2D eigenvalue weighted by Crippen LogP contribution is 2.29. The quantitative estimate of drug-likeness (QED) is 0.822. The summed E-state index contributed by atoms with van der Waals surface area (Å²) in [7, 11) is 0. The largest absolute Gasteiger partial charge is 0.324 e. The smallest absolute Gasteiger partial charge is 0.0350 e. The van der Waals surface area contributed by atoms with Crippen LogP contribution in [0.25, 0.3) is 0 Å². The lowest BCUT2D eigenvalue weighted by atomic mass is 9.82. The first kappa shape index (κ1) is 12.6. The molecule has 1 unspecified atom stereocenters. The number of hydrogen-bond acceptors (Lipinski definition) is 2. The molecule has 1 heterocycles. The first-order valence-corrected chi connectivity index (χ1v) is 6.47. The van der Waals surface area contributed by atoms with Gasteiger partial charge in [0.1, 0.15) is 0 Å². The summed E-state index contributed by atoms with van der Waals surface area (Å²) < 4.78 is 0. The highest BCUT2D eigenvalue weighted by Gasteiger charge is 2.26. The molecule has 2 rings (SSSR count). The highest BCUT2D eigenvalue weighted by molar-refractivity contribution is 5.36. The standard InChI is InChI=1S/C15H24N2/c1-10-7-12(15(2,3)4)5-6-13(10)14(16)11-8-17-9-11/h5-7,11,14,17H,8-9,16H2,1-4H3. The van der Waals surface area contributed by atoms with E-state index in [1.807, 2.05) is 0 Å². The zero-order chi connectivity index (χ0) is 12.6. The van der Waals surface area contributed by atoms with Gasteiger partial charge in [-0.25, -0.2) is 0 Å². The Morgan fingerprint density at radius 1 is 1.29 bits per heavy atom. The van der Waals surface area contributed by atoms with E-state index in [0.717, 1.165) is 13.1 Å². The first-order chi connectivity index (χ1) is 7.89. The lowest BCUT2D eigenvalue weighted by Gasteiger charge is -2.33. The average molecular weight is 232 g/mol. The van der Waals surface area contributed by atoms with Crippen LogP contribution in [0.5, 0.6) is 0 Å². The Hall–Kier alpha value is -0.860. The van der Waals surface area contributed by atoms with Crippen molar-refractivity contribution in [1.29, 1.82) is 0 Å². The van der Waals surface area contributed by atoms with Crippen molar-refractivity contribution in [2.45, 2.75) is 39.2 Å². The molecule has 1 aliphatic heterocycles. The van der Waals surface area contributed by atoms with Crippen LogP contribution in [0.3, 0.4) is 0 Å². The third-order valence-corrected chi connectivity index (χ3v) is 3.82. The van der Waals surface area contributed by atoms with Gasteiger partial charge in [0.05, 0.1) is 0 Å². The summed E-state index contributed by atoms with van der Waals surface area (Å²) in [4.78, 5) is 0. The third kappa shape index (κ3) is 2.53. The van der Waals surface area contributed by atoms with Gasteiger partial charge in [-0.05, 0) is 29.0 Å². The minimum atomic E-state index is 0.185. The predicted octanol–water partition coefficient (Wildman–Crippen LogP) is 2.51. The molecule has 1 aromatic rings. The Morgan fingerprint density at radius 3 is 2.35 bits per heavy atom. The molecule has 1 saturated heterocycles. The van der Waals surface area contributed by atoms with Gasteiger partial charge in [-0.15, -0.1) is 0 Å². The van der Waals surface area contributed by atoms with Crippen LogP contribution in [0.2, 0.25) is 0 Å². The van der Waals surface area contributed by atoms with E-state index in [9.17, 15) is 0 Å². The van der Waals surface area contributed by atoms with Gasteiger partial charge < -0.3 is 11.1 Å². The monoisotopic (exact) mass is 232 g/mol. The Balaban J connectivity index is 2.25. The van der Waals surface area contributed by atoms with Gasteiger partial charge in [-0.1, -0.05) is 39.0 Å². The average Bonchev–Trinajstić information content (AvgIpc) is 2.12. The van der Waals surface area contributed by atoms with Crippen LogP contribution in [0.1, 0.15) is 43.5 Å². The first-order valence-electron chi connectivity index (χ1n) is 6.47. The highest BCUT2D eigenvalue weighted by atomic mass is 15.0. The summed E-state index contributed by atoms with van der Waals surface area (Å²) in [6.07, 6.45) is 0. The van der Waals surface area contributed by atoms with Crippen LogP contribution < -0.4 is 11.1 Å². The fraction of sp³-hybridized carbons (Fsp3) is 0.600. The molecule has 1 aromatic carbocycles. The topological polar surface area (TPSA) is 38.0 Å². The lowest BCUT2D eigenvalue weighted by molar-refractivity contribution is 0.294. The molecule has 0 bridgehead atoms. The van der Waals surface area contributed by atoms with Gasteiger partial charge in [0.2, 0.25) is 0 Å².